The van der Waals surface area contributed by atoms with E-state index in [2.05, 4.69) is 0 Å². The van der Waals surface area contributed by atoms with Crippen LogP contribution in [-0.2, 0) is 12.2 Å². The number of hydrogen-bond acceptors (Lipinski definition) is 8. The van der Waals surface area contributed by atoms with Crippen molar-refractivity contribution in [2.24, 2.45) is 0 Å². The number of aliphatic hydroxyl groups is 5. The normalized spacial score (nSPS) is 12.8. The molecule has 0 atom stereocenters. The molecule has 0 amide bonds. The lowest BCUT2D eigenvalue weighted by molar-refractivity contribution is -0.454. The van der Waals surface area contributed by atoms with E-state index in [1.165, 1.54) is 6.92 Å². The largest absolute Gasteiger partial charge is 0.504 e. The highest BCUT2D eigenvalue weighted by atomic mass is 19.1. The molecule has 0 saturated heterocycles. The van der Waals surface area contributed by atoms with Crippen molar-refractivity contribution in [3.8, 4) is 17.2 Å². The van der Waals surface area contributed by atoms with Crippen LogP contribution in [0.15, 0.2) is 12.1 Å². The Morgan fingerprint density at radius 2 is 1.48 bits per heavy atom. The summed E-state index contributed by atoms with van der Waals surface area (Å²) >= 11 is 0. The number of benzene rings is 2. The van der Waals surface area contributed by atoms with Crippen LogP contribution >= 0.6 is 0 Å². The molecule has 0 bridgehead atoms. The molecule has 0 aliphatic carbocycles. The van der Waals surface area contributed by atoms with Crippen LogP contribution < -0.4 is 0 Å². The van der Waals surface area contributed by atoms with E-state index >= 15 is 0 Å². The van der Waals surface area contributed by atoms with Crippen molar-refractivity contribution >= 4 is 10.8 Å². The Bertz CT molecular complexity index is 779. The predicted molar refractivity (Wildman–Crippen MR) is 73.8 cm³/mol. The second-order valence-electron chi connectivity index (χ2n) is 5.03. The Balaban J connectivity index is 3.10. The highest BCUT2D eigenvalue weighted by molar-refractivity contribution is 5.98. The minimum atomic E-state index is -4.14. The average molecular weight is 330 g/mol. The van der Waals surface area contributed by atoms with Gasteiger partial charge in [0.1, 0.15) is 5.82 Å². The van der Waals surface area contributed by atoms with Crippen LogP contribution in [0.3, 0.4) is 0 Å². The Kier molecular flexibility index (Phi) is 3.87. The fourth-order valence-corrected chi connectivity index (χ4v) is 2.44. The summed E-state index contributed by atoms with van der Waals surface area (Å²) in [6, 6.07) is 1.63. The molecular weight excluding hydrogens is 315 g/mol. The first-order valence-corrected chi connectivity index (χ1v) is 6.45. The number of rotatable bonds is 3. The Morgan fingerprint density at radius 3 is 1.96 bits per heavy atom. The number of phenols is 3. The van der Waals surface area contributed by atoms with Gasteiger partial charge in [-0.25, -0.2) is 4.39 Å². The molecule has 0 spiro atoms. The van der Waals surface area contributed by atoms with Gasteiger partial charge in [0.05, 0.1) is 5.56 Å². The Morgan fingerprint density at radius 1 is 0.913 bits per heavy atom. The third-order valence-corrected chi connectivity index (χ3v) is 3.62. The van der Waals surface area contributed by atoms with E-state index < -0.39 is 45.8 Å². The fourth-order valence-electron chi connectivity index (χ4n) is 2.44. The van der Waals surface area contributed by atoms with E-state index in [-0.39, 0.29) is 17.4 Å². The van der Waals surface area contributed by atoms with Gasteiger partial charge < -0.3 is 40.9 Å². The molecule has 0 saturated carbocycles. The first kappa shape index (κ1) is 17.2. The average Bonchev–Trinajstić information content (AvgIpc) is 2.44. The van der Waals surface area contributed by atoms with Crippen molar-refractivity contribution in [2.75, 3.05) is 0 Å². The van der Waals surface area contributed by atoms with E-state index in [4.69, 9.17) is 15.3 Å². The molecule has 8 N–H and O–H groups in total. The van der Waals surface area contributed by atoms with Gasteiger partial charge >= 0.3 is 5.97 Å². The van der Waals surface area contributed by atoms with Gasteiger partial charge in [-0.2, -0.15) is 0 Å². The monoisotopic (exact) mass is 330 g/mol. The van der Waals surface area contributed by atoms with Crippen LogP contribution in [0.2, 0.25) is 0 Å². The number of fused-ring (bicyclic) bond motifs is 1. The lowest BCUT2D eigenvalue weighted by Crippen LogP contribution is -2.52. The third kappa shape index (κ3) is 2.35. The van der Waals surface area contributed by atoms with E-state index in [0.29, 0.717) is 6.07 Å². The summed E-state index contributed by atoms with van der Waals surface area (Å²) in [5.41, 5.74) is -1.40. The smallest absolute Gasteiger partial charge is 0.337 e. The molecule has 2 rings (SSSR count). The molecule has 8 nitrogen and oxygen atoms in total. The summed E-state index contributed by atoms with van der Waals surface area (Å²) in [5, 5.41) is 75.6. The maximum atomic E-state index is 14.1. The zero-order chi connectivity index (χ0) is 17.7. The van der Waals surface area contributed by atoms with E-state index in [0.717, 1.165) is 6.07 Å². The number of phenolic OH excluding ortho intramolecular Hbond substituents is 3. The molecule has 9 heteroatoms. The SMILES string of the molecule is CCc1c(O)c(O)c(O)c2ccc(F)c(C(O)(O)C(O)(O)O)c12. The predicted octanol–water partition coefficient (Wildman–Crippen LogP) is -0.574. The summed E-state index contributed by atoms with van der Waals surface area (Å²) in [6.45, 7) is 1.47. The van der Waals surface area contributed by atoms with Crippen LogP contribution in [0.25, 0.3) is 10.8 Å². The number of aryl methyl sites for hydroxylation is 1. The first-order chi connectivity index (χ1) is 10.4. The van der Waals surface area contributed by atoms with Crippen molar-refractivity contribution in [2.45, 2.75) is 25.1 Å². The zero-order valence-corrected chi connectivity index (χ0v) is 11.8. The molecule has 0 radical (unpaired) electrons. The van der Waals surface area contributed by atoms with E-state index in [9.17, 15) is 29.9 Å². The van der Waals surface area contributed by atoms with Crippen LogP contribution in [0.4, 0.5) is 4.39 Å². The minimum Gasteiger partial charge on any atom is -0.504 e. The van der Waals surface area contributed by atoms with Crippen LogP contribution in [0.5, 0.6) is 17.2 Å². The lowest BCUT2D eigenvalue weighted by Gasteiger charge is -2.32. The Labute approximate surface area is 128 Å². The van der Waals surface area contributed by atoms with Gasteiger partial charge in [-0.1, -0.05) is 6.92 Å². The maximum absolute atomic E-state index is 14.1. The van der Waals surface area contributed by atoms with Crippen molar-refractivity contribution in [3.05, 3.63) is 29.1 Å². The van der Waals surface area contributed by atoms with Crippen molar-refractivity contribution < 1.29 is 45.2 Å². The summed E-state index contributed by atoms with van der Waals surface area (Å²) in [4.78, 5) is 0. The molecule has 2 aromatic rings. The maximum Gasteiger partial charge on any atom is 0.337 e. The first-order valence-electron chi connectivity index (χ1n) is 6.45. The number of hydrogen-bond donors (Lipinski definition) is 8. The van der Waals surface area contributed by atoms with E-state index in [1.54, 1.807) is 0 Å². The second-order valence-corrected chi connectivity index (χ2v) is 5.03. The Hall–Kier alpha value is -2.17. The molecular formula is C14H15FO8. The van der Waals surface area contributed by atoms with Gasteiger partial charge in [-0.3, -0.25) is 0 Å². The molecule has 0 unspecified atom stereocenters. The van der Waals surface area contributed by atoms with Crippen molar-refractivity contribution in [1.29, 1.82) is 0 Å². The number of aromatic hydroxyl groups is 3. The highest BCUT2D eigenvalue weighted by Crippen LogP contribution is 2.48. The second kappa shape index (κ2) is 5.18. The van der Waals surface area contributed by atoms with Crippen LogP contribution in [0, 0.1) is 5.82 Å². The topological polar surface area (TPSA) is 162 Å². The van der Waals surface area contributed by atoms with Gasteiger partial charge in [0, 0.05) is 16.3 Å². The molecule has 2 aromatic carbocycles. The zero-order valence-electron chi connectivity index (χ0n) is 11.8. The molecule has 0 fully saturated rings. The summed E-state index contributed by atoms with van der Waals surface area (Å²) < 4.78 is 14.1. The lowest BCUT2D eigenvalue weighted by atomic mass is 9.90. The molecule has 0 aromatic heterocycles. The van der Waals surface area contributed by atoms with E-state index in [1.807, 2.05) is 0 Å². The number of halogens is 1. The molecule has 0 aliphatic heterocycles. The van der Waals surface area contributed by atoms with Crippen molar-refractivity contribution in [1.82, 2.24) is 0 Å². The van der Waals surface area contributed by atoms with Gasteiger partial charge in [0.2, 0.25) is 5.75 Å². The third-order valence-electron chi connectivity index (χ3n) is 3.62. The standard InChI is InChI=1S/C14H15FO8/c1-2-5-8-6(11(17)12(18)10(5)16)3-4-7(15)9(8)13(19,20)14(21,22)23/h3-4,16-23H,2H2,1H3. The van der Waals surface area contributed by atoms with Crippen molar-refractivity contribution in [3.63, 3.8) is 0 Å². The fraction of sp³-hybridized carbons (Fsp3) is 0.286. The highest BCUT2D eigenvalue weighted by Gasteiger charge is 2.51. The minimum absolute atomic E-state index is 0.0575. The molecule has 0 heterocycles. The molecule has 23 heavy (non-hydrogen) atoms. The molecule has 126 valence electrons. The quantitative estimate of drug-likeness (QED) is 0.274. The van der Waals surface area contributed by atoms with Gasteiger partial charge in [0.15, 0.2) is 11.5 Å². The van der Waals surface area contributed by atoms with Gasteiger partial charge in [-0.05, 0) is 18.6 Å². The summed E-state index contributed by atoms with van der Waals surface area (Å²) in [5.74, 6) is -12.0. The van der Waals surface area contributed by atoms with Crippen LogP contribution in [-0.4, -0.2) is 46.8 Å². The summed E-state index contributed by atoms with van der Waals surface area (Å²) in [6.07, 6.45) is -0.0575. The summed E-state index contributed by atoms with van der Waals surface area (Å²) in [7, 11) is 0. The van der Waals surface area contributed by atoms with Gasteiger partial charge in [-0.15, -0.1) is 0 Å². The molecule has 0 aliphatic rings. The van der Waals surface area contributed by atoms with Gasteiger partial charge in [0.25, 0.3) is 5.79 Å². The van der Waals surface area contributed by atoms with Crippen LogP contribution in [0.1, 0.15) is 18.1 Å².